The van der Waals surface area contributed by atoms with Crippen molar-refractivity contribution in [2.75, 3.05) is 34.5 Å². The third kappa shape index (κ3) is 15.9. The minimum absolute atomic E-state index is 0.180. The van der Waals surface area contributed by atoms with E-state index in [2.05, 4.69) is 30.7 Å². The summed E-state index contributed by atoms with van der Waals surface area (Å²) in [4.78, 5) is 30.9. The molecule has 3 aliphatic heterocycles. The monoisotopic (exact) mass is 581 g/mol. The van der Waals surface area contributed by atoms with Gasteiger partial charge in [0.05, 0.1) is 0 Å². The first-order valence-corrected chi connectivity index (χ1v) is 14.6. The van der Waals surface area contributed by atoms with Gasteiger partial charge >= 0.3 is 17.9 Å². The first kappa shape index (κ1) is 33.2. The van der Waals surface area contributed by atoms with Crippen LogP contribution >= 0.6 is 35.3 Å². The summed E-state index contributed by atoms with van der Waals surface area (Å²) < 4.78 is 0. The lowest BCUT2D eigenvalue weighted by molar-refractivity contribution is -0.138. The molecule has 210 valence electrons. The summed E-state index contributed by atoms with van der Waals surface area (Å²) in [6, 6.07) is -2.32. The van der Waals surface area contributed by atoms with Crippen molar-refractivity contribution in [3.05, 3.63) is 0 Å². The van der Waals surface area contributed by atoms with Crippen molar-refractivity contribution in [3.63, 3.8) is 0 Å². The molecule has 0 aromatic rings. The molecule has 15 nitrogen and oxygen atoms in total. The van der Waals surface area contributed by atoms with Gasteiger partial charge < -0.3 is 32.5 Å². The summed E-state index contributed by atoms with van der Waals surface area (Å²) in [7, 11) is 0. The Labute approximate surface area is 227 Å². The first-order chi connectivity index (χ1) is 17.1. The molecule has 9 N–H and O–H groups in total. The Kier molecular flexibility index (Phi) is 13.4. The van der Waals surface area contributed by atoms with Crippen LogP contribution in [0.2, 0.25) is 0 Å². The second-order valence-corrected chi connectivity index (χ2v) is 12.2. The highest BCUT2D eigenvalue weighted by Gasteiger charge is 2.34. The summed E-state index contributed by atoms with van der Waals surface area (Å²) in [6.07, 6.45) is 0.865. The molecular weight excluding hydrogens is 546 g/mol. The molecule has 0 amide bonds. The molecule has 0 spiro atoms. The molecule has 3 atom stereocenters. The number of carboxylic acids is 3. The zero-order valence-electron chi connectivity index (χ0n) is 20.9. The number of rotatable bonds is 16. The maximum Gasteiger partial charge on any atom is 0.321 e. The van der Waals surface area contributed by atoms with Crippen molar-refractivity contribution in [2.24, 2.45) is 47.9 Å². The van der Waals surface area contributed by atoms with Crippen molar-refractivity contribution < 1.29 is 29.7 Å². The van der Waals surface area contributed by atoms with Gasteiger partial charge in [0.2, 0.25) is 0 Å². The maximum atomic E-state index is 10.3. The van der Waals surface area contributed by atoms with Crippen LogP contribution in [-0.4, -0.2) is 103 Å². The van der Waals surface area contributed by atoms with Crippen molar-refractivity contribution >= 4 is 53.2 Å². The SMILES string of the molecule is CC1(CCSC[C@H](N)C(=O)O)N=N1.CC1(CSC[C@H](N)C(=O)O)N=N1.CC1(CSC[C@H](N)C(=O)O)N=N1. The molecule has 3 heterocycles. The minimum atomic E-state index is -0.961. The van der Waals surface area contributed by atoms with E-state index in [1.54, 1.807) is 0 Å². The van der Waals surface area contributed by atoms with Crippen molar-refractivity contribution in [1.29, 1.82) is 0 Å². The van der Waals surface area contributed by atoms with E-state index in [0.717, 1.165) is 12.2 Å². The molecule has 0 fully saturated rings. The standard InChI is InChI=1S/C7H13N3O2S.2C6H11N3O2S/c1-7(9-10-7)2-3-13-4-5(8)6(11)12;2*1-6(8-9-6)3-12-2-4(7)5(10)11/h5H,2-4,8H2,1H3,(H,11,12);2*4H,2-3,7H2,1H3,(H,10,11)/t5-;2*4-/m000/s1. The van der Waals surface area contributed by atoms with Gasteiger partial charge in [0, 0.05) is 35.2 Å². The zero-order valence-corrected chi connectivity index (χ0v) is 23.3. The number of aliphatic carboxylic acids is 3. The van der Waals surface area contributed by atoms with Crippen LogP contribution in [-0.2, 0) is 14.4 Å². The van der Waals surface area contributed by atoms with Gasteiger partial charge in [-0.2, -0.15) is 66.0 Å². The van der Waals surface area contributed by atoms with Crippen LogP contribution in [0.5, 0.6) is 0 Å². The Bertz CT molecular complexity index is 827. The molecule has 0 aromatic heterocycles. The van der Waals surface area contributed by atoms with Gasteiger partial charge in [-0.05, 0) is 26.5 Å². The predicted octanol–water partition coefficient (Wildman–Crippen LogP) is 1.33. The van der Waals surface area contributed by atoms with Crippen LogP contribution in [0.15, 0.2) is 30.7 Å². The van der Waals surface area contributed by atoms with Crippen molar-refractivity contribution in [1.82, 2.24) is 0 Å². The largest absolute Gasteiger partial charge is 0.480 e. The highest BCUT2D eigenvalue weighted by Crippen LogP contribution is 2.32. The van der Waals surface area contributed by atoms with Gasteiger partial charge in [0.15, 0.2) is 17.0 Å². The Morgan fingerprint density at radius 1 is 0.622 bits per heavy atom. The lowest BCUT2D eigenvalue weighted by Crippen LogP contribution is -2.33. The molecule has 18 heteroatoms. The molecule has 0 saturated heterocycles. The molecule has 37 heavy (non-hydrogen) atoms. The number of hydrogen-bond acceptors (Lipinski definition) is 15. The van der Waals surface area contributed by atoms with E-state index < -0.39 is 36.0 Å². The van der Waals surface area contributed by atoms with Crippen LogP contribution in [0.1, 0.15) is 27.2 Å². The third-order valence-corrected chi connectivity index (χ3v) is 8.42. The van der Waals surface area contributed by atoms with E-state index in [0.29, 0.717) is 28.8 Å². The van der Waals surface area contributed by atoms with Gasteiger partial charge in [0.1, 0.15) is 18.1 Å². The number of carboxylic acid groups (broad SMARTS) is 3. The molecule has 0 bridgehead atoms. The van der Waals surface area contributed by atoms with Crippen LogP contribution < -0.4 is 17.2 Å². The van der Waals surface area contributed by atoms with Crippen molar-refractivity contribution in [3.8, 4) is 0 Å². The van der Waals surface area contributed by atoms with E-state index in [4.69, 9.17) is 32.5 Å². The van der Waals surface area contributed by atoms with E-state index in [-0.39, 0.29) is 17.0 Å². The molecule has 0 radical (unpaired) electrons. The summed E-state index contributed by atoms with van der Waals surface area (Å²) in [5.41, 5.74) is 15.2. The minimum Gasteiger partial charge on any atom is -0.480 e. The molecular formula is C19H35N9O6S3. The van der Waals surface area contributed by atoms with Crippen LogP contribution in [0.3, 0.4) is 0 Å². The molecule has 0 saturated carbocycles. The lowest BCUT2D eigenvalue weighted by atomic mass is 10.2. The Balaban J connectivity index is 0.000000278. The van der Waals surface area contributed by atoms with Crippen LogP contribution in [0.25, 0.3) is 0 Å². The van der Waals surface area contributed by atoms with Gasteiger partial charge in [-0.15, -0.1) is 0 Å². The first-order valence-electron chi connectivity index (χ1n) is 11.1. The average molecular weight is 582 g/mol. The van der Waals surface area contributed by atoms with Gasteiger partial charge in [-0.25, -0.2) is 0 Å². The van der Waals surface area contributed by atoms with Gasteiger partial charge in [-0.3, -0.25) is 14.4 Å². The molecule has 3 rings (SSSR count). The molecule has 0 unspecified atom stereocenters. The number of nitrogens with two attached hydrogens (primary N) is 3. The van der Waals surface area contributed by atoms with Crippen molar-refractivity contribution in [2.45, 2.75) is 62.3 Å². The van der Waals surface area contributed by atoms with Crippen LogP contribution in [0, 0.1) is 0 Å². The number of thioether (sulfide) groups is 3. The Morgan fingerprint density at radius 2 is 0.919 bits per heavy atom. The molecule has 3 aliphatic rings. The summed E-state index contributed by atoms with van der Waals surface area (Å²) in [5, 5.41) is 48.2. The smallest absolute Gasteiger partial charge is 0.321 e. The quantitative estimate of drug-likeness (QED) is 0.141. The van der Waals surface area contributed by atoms with E-state index in [1.165, 1.54) is 35.3 Å². The predicted molar refractivity (Wildman–Crippen MR) is 143 cm³/mol. The fraction of sp³-hybridized carbons (Fsp3) is 0.842. The Morgan fingerprint density at radius 3 is 1.19 bits per heavy atom. The van der Waals surface area contributed by atoms with E-state index in [9.17, 15) is 14.4 Å². The van der Waals surface area contributed by atoms with E-state index in [1.807, 2.05) is 20.8 Å². The highest BCUT2D eigenvalue weighted by molar-refractivity contribution is 7.99. The summed E-state index contributed by atoms with van der Waals surface area (Å²) >= 11 is 4.46. The Hall–Kier alpha value is -1.86. The fourth-order valence-corrected chi connectivity index (χ4v) is 5.05. The number of hydrogen-bond donors (Lipinski definition) is 6. The lowest BCUT2D eigenvalue weighted by Gasteiger charge is -2.06. The third-order valence-electron chi connectivity index (χ3n) is 4.64. The normalized spacial score (nSPS) is 20.3. The highest BCUT2D eigenvalue weighted by atomic mass is 32.2. The van der Waals surface area contributed by atoms with E-state index >= 15 is 0 Å². The van der Waals surface area contributed by atoms with Crippen LogP contribution in [0.4, 0.5) is 0 Å². The summed E-state index contributed by atoms with van der Waals surface area (Å²) in [6.45, 7) is 5.74. The maximum absolute atomic E-state index is 10.3. The fourth-order valence-electron chi connectivity index (χ4n) is 1.92. The molecule has 0 aromatic carbocycles. The zero-order chi connectivity index (χ0) is 28.3. The number of carbonyl (C=O) groups is 3. The topological polar surface area (TPSA) is 264 Å². The summed E-state index contributed by atoms with van der Waals surface area (Å²) in [5.74, 6) is 0.693. The van der Waals surface area contributed by atoms with Gasteiger partial charge in [-0.1, -0.05) is 0 Å². The van der Waals surface area contributed by atoms with Gasteiger partial charge in [0.25, 0.3) is 0 Å². The molecule has 0 aliphatic carbocycles. The second-order valence-electron chi connectivity index (χ2n) is 8.94. The average Bonchev–Trinajstić information content (AvgIpc) is 3.76. The number of nitrogens with zero attached hydrogens (tertiary/aromatic N) is 6. The second kappa shape index (κ2) is 14.9.